The minimum Gasteiger partial charge on any atom is -0.321 e. The molecule has 0 bridgehead atoms. The number of aromatic nitrogens is 5. The maximum absolute atomic E-state index is 13.1. The van der Waals surface area contributed by atoms with E-state index in [0.29, 0.717) is 5.56 Å². The maximum atomic E-state index is 13.1. The van der Waals surface area contributed by atoms with Gasteiger partial charge in [0, 0.05) is 5.56 Å². The first-order chi connectivity index (χ1) is 12.9. The molecule has 2 aromatic heterocycles. The van der Waals surface area contributed by atoms with Crippen LogP contribution in [0.3, 0.4) is 0 Å². The van der Waals surface area contributed by atoms with Crippen molar-refractivity contribution in [2.24, 2.45) is 0 Å². The Hall–Kier alpha value is -2.54. The number of likely N-dealkylation sites (tertiary alicyclic amines) is 1. The first-order valence-corrected chi connectivity index (χ1v) is 9.51. The van der Waals surface area contributed by atoms with Crippen LogP contribution in [0.5, 0.6) is 0 Å². The second kappa shape index (κ2) is 6.56. The number of H-pyrrole nitrogens is 1. The fourth-order valence-corrected chi connectivity index (χ4v) is 3.94. The van der Waals surface area contributed by atoms with Gasteiger partial charge in [-0.05, 0) is 81.1 Å². The molecule has 3 heterocycles. The summed E-state index contributed by atoms with van der Waals surface area (Å²) in [5.74, 6) is 0.724. The van der Waals surface area contributed by atoms with Gasteiger partial charge in [-0.1, -0.05) is 18.2 Å². The van der Waals surface area contributed by atoms with Crippen LogP contribution in [0, 0.1) is 6.92 Å². The van der Waals surface area contributed by atoms with Crippen molar-refractivity contribution in [3.05, 3.63) is 51.6 Å². The Morgan fingerprint density at radius 3 is 2.63 bits per heavy atom. The number of pyridine rings is 1. The number of benzene rings is 1. The highest BCUT2D eigenvalue weighted by atomic mass is 16.1. The minimum atomic E-state index is -0.267. The molecular formula is C20H26N6O. The molecule has 0 radical (unpaired) electrons. The summed E-state index contributed by atoms with van der Waals surface area (Å²) in [7, 11) is 0. The average molecular weight is 366 g/mol. The second-order valence-electron chi connectivity index (χ2n) is 8.36. The van der Waals surface area contributed by atoms with E-state index in [2.05, 4.69) is 46.2 Å². The summed E-state index contributed by atoms with van der Waals surface area (Å²) in [6, 6.07) is 7.82. The highest BCUT2D eigenvalue weighted by Crippen LogP contribution is 2.31. The zero-order valence-electron chi connectivity index (χ0n) is 16.4. The van der Waals surface area contributed by atoms with E-state index in [1.807, 2.05) is 35.9 Å². The van der Waals surface area contributed by atoms with Crippen LogP contribution < -0.4 is 5.56 Å². The van der Waals surface area contributed by atoms with Gasteiger partial charge in [0.05, 0.1) is 11.1 Å². The summed E-state index contributed by atoms with van der Waals surface area (Å²) in [6.07, 6.45) is 2.25. The summed E-state index contributed by atoms with van der Waals surface area (Å²) in [5.41, 5.74) is 2.32. The van der Waals surface area contributed by atoms with E-state index in [4.69, 9.17) is 0 Å². The van der Waals surface area contributed by atoms with Crippen LogP contribution in [0.2, 0.25) is 0 Å². The number of fused-ring (bicyclic) bond motifs is 1. The summed E-state index contributed by atoms with van der Waals surface area (Å²) in [5, 5.41) is 13.5. The van der Waals surface area contributed by atoms with Gasteiger partial charge in [0.25, 0.3) is 5.56 Å². The smallest absolute Gasteiger partial charge is 0.253 e. The Morgan fingerprint density at radius 1 is 1.19 bits per heavy atom. The first kappa shape index (κ1) is 17.9. The van der Waals surface area contributed by atoms with Gasteiger partial charge in [0.15, 0.2) is 5.82 Å². The lowest BCUT2D eigenvalue weighted by atomic mass is 10.0. The molecule has 1 atom stereocenters. The van der Waals surface area contributed by atoms with Crippen molar-refractivity contribution >= 4 is 10.9 Å². The van der Waals surface area contributed by atoms with Crippen molar-refractivity contribution in [3.63, 3.8) is 0 Å². The molecule has 1 unspecified atom stereocenters. The number of para-hydroxylation sites is 1. The van der Waals surface area contributed by atoms with E-state index in [1.54, 1.807) is 0 Å². The zero-order valence-corrected chi connectivity index (χ0v) is 16.4. The SMILES string of the molecule is Cc1cccc2cc(C(c3nnnn3C(C)(C)C)N3CCCC3)c(=O)[nH]c12. The second-order valence-corrected chi connectivity index (χ2v) is 8.36. The van der Waals surface area contributed by atoms with E-state index >= 15 is 0 Å². The van der Waals surface area contributed by atoms with Crippen molar-refractivity contribution in [2.75, 3.05) is 13.1 Å². The van der Waals surface area contributed by atoms with Gasteiger partial charge in [-0.15, -0.1) is 5.10 Å². The number of tetrazole rings is 1. The molecule has 1 aliphatic heterocycles. The summed E-state index contributed by atoms with van der Waals surface area (Å²) in [4.78, 5) is 18.5. The lowest BCUT2D eigenvalue weighted by Gasteiger charge is -2.29. The Bertz CT molecular complexity index is 1020. The lowest BCUT2D eigenvalue weighted by molar-refractivity contribution is 0.241. The van der Waals surface area contributed by atoms with Gasteiger partial charge in [-0.3, -0.25) is 9.69 Å². The van der Waals surface area contributed by atoms with Crippen LogP contribution in [-0.2, 0) is 5.54 Å². The molecule has 4 rings (SSSR count). The third-order valence-corrected chi connectivity index (χ3v) is 5.29. The van der Waals surface area contributed by atoms with Gasteiger partial charge in [0.1, 0.15) is 6.04 Å². The summed E-state index contributed by atoms with van der Waals surface area (Å²) < 4.78 is 1.84. The quantitative estimate of drug-likeness (QED) is 0.771. The van der Waals surface area contributed by atoms with Crippen LogP contribution >= 0.6 is 0 Å². The molecule has 0 saturated carbocycles. The van der Waals surface area contributed by atoms with E-state index in [9.17, 15) is 4.79 Å². The Kier molecular flexibility index (Phi) is 4.34. The van der Waals surface area contributed by atoms with Crippen molar-refractivity contribution in [1.29, 1.82) is 0 Å². The first-order valence-electron chi connectivity index (χ1n) is 9.51. The summed E-state index contributed by atoms with van der Waals surface area (Å²) >= 11 is 0. The normalized spacial score (nSPS) is 16.9. The molecule has 142 valence electrons. The number of aromatic amines is 1. The summed E-state index contributed by atoms with van der Waals surface area (Å²) in [6.45, 7) is 10.1. The third-order valence-electron chi connectivity index (χ3n) is 5.29. The molecular weight excluding hydrogens is 340 g/mol. The molecule has 1 aromatic carbocycles. The zero-order chi connectivity index (χ0) is 19.2. The van der Waals surface area contributed by atoms with Gasteiger partial charge in [-0.25, -0.2) is 4.68 Å². The van der Waals surface area contributed by atoms with E-state index < -0.39 is 0 Å². The van der Waals surface area contributed by atoms with E-state index in [0.717, 1.165) is 48.2 Å². The molecule has 0 amide bonds. The Morgan fingerprint density at radius 2 is 1.93 bits per heavy atom. The molecule has 1 saturated heterocycles. The lowest BCUT2D eigenvalue weighted by Crippen LogP contribution is -2.36. The predicted molar refractivity (Wildman–Crippen MR) is 105 cm³/mol. The van der Waals surface area contributed by atoms with Crippen molar-refractivity contribution < 1.29 is 0 Å². The molecule has 7 heteroatoms. The number of aryl methyl sites for hydroxylation is 1. The molecule has 0 aliphatic carbocycles. The highest BCUT2D eigenvalue weighted by molar-refractivity contribution is 5.82. The largest absolute Gasteiger partial charge is 0.321 e. The monoisotopic (exact) mass is 366 g/mol. The number of nitrogens with zero attached hydrogens (tertiary/aromatic N) is 5. The van der Waals surface area contributed by atoms with Gasteiger partial charge in [0.2, 0.25) is 0 Å². The molecule has 1 aliphatic rings. The average Bonchev–Trinajstić information content (AvgIpc) is 3.28. The molecule has 27 heavy (non-hydrogen) atoms. The van der Waals surface area contributed by atoms with Crippen molar-refractivity contribution in [2.45, 2.75) is 52.1 Å². The molecule has 1 N–H and O–H groups in total. The molecule has 1 fully saturated rings. The Balaban J connectivity index is 1.93. The molecule has 3 aromatic rings. The van der Waals surface area contributed by atoms with Crippen molar-refractivity contribution in [1.82, 2.24) is 30.1 Å². The van der Waals surface area contributed by atoms with Crippen LogP contribution in [0.25, 0.3) is 10.9 Å². The number of hydrogen-bond acceptors (Lipinski definition) is 5. The number of rotatable bonds is 3. The topological polar surface area (TPSA) is 79.7 Å². The highest BCUT2D eigenvalue weighted by Gasteiger charge is 2.34. The maximum Gasteiger partial charge on any atom is 0.253 e. The van der Waals surface area contributed by atoms with E-state index in [1.165, 1.54) is 0 Å². The standard InChI is InChI=1S/C20H26N6O/c1-13-8-7-9-14-12-15(19(27)21-16(13)14)17(25-10-5-6-11-25)18-22-23-24-26(18)20(2,3)4/h7-9,12,17H,5-6,10-11H2,1-4H3,(H,21,27). The fourth-order valence-electron chi connectivity index (χ4n) is 3.94. The van der Waals surface area contributed by atoms with Crippen LogP contribution in [0.4, 0.5) is 0 Å². The van der Waals surface area contributed by atoms with Crippen molar-refractivity contribution in [3.8, 4) is 0 Å². The van der Waals surface area contributed by atoms with E-state index in [-0.39, 0.29) is 17.1 Å². The van der Waals surface area contributed by atoms with Gasteiger partial charge in [-0.2, -0.15) is 0 Å². The van der Waals surface area contributed by atoms with Crippen LogP contribution in [-0.4, -0.2) is 43.2 Å². The minimum absolute atomic E-state index is 0.0721. The predicted octanol–water partition coefficient (Wildman–Crippen LogP) is 2.76. The van der Waals surface area contributed by atoms with Crippen LogP contribution in [0.1, 0.15) is 56.6 Å². The fraction of sp³-hybridized carbons (Fsp3) is 0.500. The number of hydrogen-bond donors (Lipinski definition) is 1. The molecule has 0 spiro atoms. The Labute approximate surface area is 158 Å². The molecule has 7 nitrogen and oxygen atoms in total. The third kappa shape index (κ3) is 3.16. The van der Waals surface area contributed by atoms with Gasteiger partial charge >= 0.3 is 0 Å². The van der Waals surface area contributed by atoms with Crippen LogP contribution in [0.15, 0.2) is 29.1 Å². The number of nitrogens with one attached hydrogen (secondary N) is 1. The van der Waals surface area contributed by atoms with Gasteiger partial charge < -0.3 is 4.98 Å².